The molecule has 2 aromatic carbocycles. The molecule has 2 rings (SSSR count). The first-order chi connectivity index (χ1) is 9.10. The highest BCUT2D eigenvalue weighted by molar-refractivity contribution is 9.10. The number of hydrogen-bond donors (Lipinski definition) is 2. The number of rotatable bonds is 4. The predicted molar refractivity (Wildman–Crippen MR) is 85.7 cm³/mol. The smallest absolute Gasteiger partial charge is 0.0647 e. The molecule has 0 fully saturated rings. The van der Waals surface area contributed by atoms with Gasteiger partial charge in [0.25, 0.3) is 0 Å². The molecular weight excluding hydrogens is 324 g/mol. The summed E-state index contributed by atoms with van der Waals surface area (Å²) in [4.78, 5) is 0. The zero-order valence-corrected chi connectivity index (χ0v) is 13.0. The largest absolute Gasteiger partial charge is 0.377 e. The Labute approximate surface area is 127 Å². The van der Waals surface area contributed by atoms with Crippen LogP contribution in [0.15, 0.2) is 46.9 Å². The van der Waals surface area contributed by atoms with Gasteiger partial charge >= 0.3 is 0 Å². The van der Waals surface area contributed by atoms with Gasteiger partial charge in [-0.25, -0.2) is 0 Å². The molecule has 0 amide bonds. The van der Waals surface area contributed by atoms with Crippen LogP contribution in [0.5, 0.6) is 0 Å². The first kappa shape index (κ1) is 14.4. The summed E-state index contributed by atoms with van der Waals surface area (Å²) in [7, 11) is 0. The second-order valence-electron chi connectivity index (χ2n) is 4.47. The topological polar surface area (TPSA) is 38.0 Å². The summed E-state index contributed by atoms with van der Waals surface area (Å²) in [6.07, 6.45) is 0. The van der Waals surface area contributed by atoms with Gasteiger partial charge in [-0.05, 0) is 42.3 Å². The van der Waals surface area contributed by atoms with Crippen molar-refractivity contribution in [1.29, 1.82) is 0 Å². The molecule has 0 aliphatic carbocycles. The van der Waals surface area contributed by atoms with E-state index in [1.807, 2.05) is 24.3 Å². The summed E-state index contributed by atoms with van der Waals surface area (Å²) < 4.78 is 1.07. The Morgan fingerprint density at radius 3 is 2.68 bits per heavy atom. The van der Waals surface area contributed by atoms with E-state index in [2.05, 4.69) is 46.4 Å². The minimum atomic E-state index is 0.0495. The number of nitrogens with two attached hydrogens (primary N) is 1. The lowest BCUT2D eigenvalue weighted by molar-refractivity contribution is 0.785. The van der Waals surface area contributed by atoms with Crippen molar-refractivity contribution in [2.24, 2.45) is 5.73 Å². The van der Waals surface area contributed by atoms with Crippen molar-refractivity contribution < 1.29 is 0 Å². The lowest BCUT2D eigenvalue weighted by Crippen LogP contribution is -2.21. The van der Waals surface area contributed by atoms with Crippen LogP contribution in [0.25, 0.3) is 0 Å². The minimum absolute atomic E-state index is 0.0495. The molecule has 1 atom stereocenters. The summed E-state index contributed by atoms with van der Waals surface area (Å²) in [5.74, 6) is 0. The third kappa shape index (κ3) is 3.72. The average molecular weight is 340 g/mol. The number of aryl methyl sites for hydroxylation is 1. The third-order valence-electron chi connectivity index (χ3n) is 2.93. The van der Waals surface area contributed by atoms with E-state index in [1.165, 1.54) is 5.56 Å². The van der Waals surface area contributed by atoms with Gasteiger partial charge in [-0.2, -0.15) is 0 Å². The maximum atomic E-state index is 5.99. The molecule has 1 unspecified atom stereocenters. The number of hydrogen-bond acceptors (Lipinski definition) is 2. The molecule has 0 heterocycles. The molecule has 0 aliphatic heterocycles. The van der Waals surface area contributed by atoms with Crippen LogP contribution in [-0.2, 0) is 0 Å². The highest BCUT2D eigenvalue weighted by atomic mass is 79.9. The number of nitrogens with one attached hydrogen (secondary N) is 1. The molecule has 0 saturated heterocycles. The zero-order chi connectivity index (χ0) is 13.8. The van der Waals surface area contributed by atoms with E-state index in [1.54, 1.807) is 0 Å². The Hall–Kier alpha value is -1.03. The highest BCUT2D eigenvalue weighted by Crippen LogP contribution is 2.27. The van der Waals surface area contributed by atoms with Crippen molar-refractivity contribution in [2.45, 2.75) is 13.0 Å². The van der Waals surface area contributed by atoms with Crippen LogP contribution in [0.2, 0.25) is 5.02 Å². The second kappa shape index (κ2) is 6.42. The molecule has 100 valence electrons. The van der Waals surface area contributed by atoms with Gasteiger partial charge in [-0.15, -0.1) is 0 Å². The van der Waals surface area contributed by atoms with Crippen LogP contribution < -0.4 is 11.1 Å². The summed E-state index contributed by atoms with van der Waals surface area (Å²) in [5.41, 5.74) is 9.21. The second-order valence-corrected chi connectivity index (χ2v) is 5.76. The van der Waals surface area contributed by atoms with E-state index < -0.39 is 0 Å². The van der Waals surface area contributed by atoms with Gasteiger partial charge in [0.1, 0.15) is 0 Å². The summed E-state index contributed by atoms with van der Waals surface area (Å²) in [5, 5.41) is 4.12. The van der Waals surface area contributed by atoms with Crippen LogP contribution >= 0.6 is 27.5 Å². The van der Waals surface area contributed by atoms with Gasteiger partial charge in [0, 0.05) is 21.7 Å². The maximum Gasteiger partial charge on any atom is 0.0647 e. The van der Waals surface area contributed by atoms with Crippen molar-refractivity contribution in [3.63, 3.8) is 0 Å². The molecule has 19 heavy (non-hydrogen) atoms. The fourth-order valence-electron chi connectivity index (χ4n) is 1.96. The van der Waals surface area contributed by atoms with E-state index in [9.17, 15) is 0 Å². The fraction of sp³-hybridized carbons (Fsp3) is 0.200. The first-order valence-electron chi connectivity index (χ1n) is 6.08. The maximum absolute atomic E-state index is 5.99. The lowest BCUT2D eigenvalue weighted by atomic mass is 10.0. The highest BCUT2D eigenvalue weighted by Gasteiger charge is 2.13. The van der Waals surface area contributed by atoms with Crippen molar-refractivity contribution in [1.82, 2.24) is 0 Å². The van der Waals surface area contributed by atoms with Crippen molar-refractivity contribution in [3.8, 4) is 0 Å². The molecule has 2 aromatic rings. The molecule has 4 heteroatoms. The van der Waals surface area contributed by atoms with E-state index in [0.717, 1.165) is 15.7 Å². The molecule has 0 aliphatic rings. The van der Waals surface area contributed by atoms with Crippen LogP contribution in [0.4, 0.5) is 5.69 Å². The molecule has 2 nitrogen and oxygen atoms in total. The van der Waals surface area contributed by atoms with Crippen LogP contribution in [0.3, 0.4) is 0 Å². The molecule has 3 N–H and O–H groups in total. The molecule has 0 bridgehead atoms. The lowest BCUT2D eigenvalue weighted by Gasteiger charge is -2.20. The zero-order valence-electron chi connectivity index (χ0n) is 10.7. The van der Waals surface area contributed by atoms with Crippen molar-refractivity contribution in [2.75, 3.05) is 11.9 Å². The Kier molecular flexibility index (Phi) is 4.86. The Morgan fingerprint density at radius 1 is 1.26 bits per heavy atom. The van der Waals surface area contributed by atoms with Gasteiger partial charge in [0.2, 0.25) is 0 Å². The monoisotopic (exact) mass is 338 g/mol. The number of halogens is 2. The average Bonchev–Trinajstić information content (AvgIpc) is 2.37. The first-order valence-corrected chi connectivity index (χ1v) is 7.25. The van der Waals surface area contributed by atoms with E-state index in [-0.39, 0.29) is 6.04 Å². The summed E-state index contributed by atoms with van der Waals surface area (Å²) >= 11 is 9.58. The summed E-state index contributed by atoms with van der Waals surface area (Å²) in [6.45, 7) is 2.57. The number of benzene rings is 2. The number of anilines is 1. The Morgan fingerprint density at radius 2 is 2.05 bits per heavy atom. The van der Waals surface area contributed by atoms with Gasteiger partial charge in [0.15, 0.2) is 0 Å². The molecule has 0 spiro atoms. The quantitative estimate of drug-likeness (QED) is 0.859. The van der Waals surface area contributed by atoms with Gasteiger partial charge in [0.05, 0.1) is 6.04 Å². The molecule has 0 aromatic heterocycles. The fourth-order valence-corrected chi connectivity index (χ4v) is 2.92. The normalized spacial score (nSPS) is 12.2. The third-order valence-corrected chi connectivity index (χ3v) is 3.85. The van der Waals surface area contributed by atoms with Gasteiger partial charge < -0.3 is 11.1 Å². The minimum Gasteiger partial charge on any atom is -0.377 e. The molecule has 0 radical (unpaired) electrons. The van der Waals surface area contributed by atoms with Crippen LogP contribution in [-0.4, -0.2) is 6.54 Å². The standard InChI is InChI=1S/C15H16BrClN2/c1-10-5-6-13(14(16)7-10)15(9-18)19-12-4-2-3-11(17)8-12/h2-8,15,19H,9,18H2,1H3. The van der Waals surface area contributed by atoms with Crippen molar-refractivity contribution >= 4 is 33.2 Å². The Balaban J connectivity index is 2.25. The van der Waals surface area contributed by atoms with E-state index in [0.29, 0.717) is 11.6 Å². The van der Waals surface area contributed by atoms with Gasteiger partial charge in [-0.3, -0.25) is 0 Å². The molecular formula is C15H16BrClN2. The van der Waals surface area contributed by atoms with Crippen molar-refractivity contribution in [3.05, 3.63) is 63.1 Å². The Bertz CT molecular complexity index is 572. The van der Waals surface area contributed by atoms with Crippen LogP contribution in [0.1, 0.15) is 17.2 Å². The van der Waals surface area contributed by atoms with E-state index >= 15 is 0 Å². The van der Waals surface area contributed by atoms with E-state index in [4.69, 9.17) is 17.3 Å². The SMILES string of the molecule is Cc1ccc(C(CN)Nc2cccc(Cl)c2)c(Br)c1. The molecule has 0 saturated carbocycles. The summed E-state index contributed by atoms with van der Waals surface area (Å²) in [6, 6.07) is 14.0. The van der Waals surface area contributed by atoms with Gasteiger partial charge in [-0.1, -0.05) is 45.7 Å². The van der Waals surface area contributed by atoms with Crippen LogP contribution in [0, 0.1) is 6.92 Å². The predicted octanol–water partition coefficient (Wildman–Crippen LogP) is 4.52.